The molecule has 3 aromatic rings. The molecule has 0 spiro atoms. The van der Waals surface area contributed by atoms with Crippen molar-refractivity contribution in [1.29, 1.82) is 0 Å². The quantitative estimate of drug-likeness (QED) is 0.272. The average molecular weight is 586 g/mol. The molecule has 11 heteroatoms. The highest BCUT2D eigenvalue weighted by atomic mass is 19.1. The van der Waals surface area contributed by atoms with Gasteiger partial charge < -0.3 is 29.0 Å². The highest BCUT2D eigenvalue weighted by Gasteiger charge is 2.36. The molecule has 3 aliphatic rings. The zero-order valence-corrected chi connectivity index (χ0v) is 24.6. The lowest BCUT2D eigenvalue weighted by atomic mass is 10.0. The van der Waals surface area contributed by atoms with Crippen molar-refractivity contribution in [3.8, 4) is 6.01 Å². The second kappa shape index (κ2) is 12.1. The number of amides is 1. The largest absolute Gasteiger partial charge is 0.458 e. The smallest absolute Gasteiger partial charge is 0.319 e. The number of benzene rings is 1. The van der Waals surface area contributed by atoms with Gasteiger partial charge in [0.15, 0.2) is 5.83 Å². The van der Waals surface area contributed by atoms with Crippen LogP contribution in [0.5, 0.6) is 6.01 Å². The number of ether oxygens (including phenoxy) is 2. The fraction of sp³-hybridized carbons (Fsp3) is 0.469. The molecular weight excluding hydrogens is 549 g/mol. The molecule has 0 bridgehead atoms. The van der Waals surface area contributed by atoms with E-state index in [1.54, 1.807) is 0 Å². The van der Waals surface area contributed by atoms with Crippen molar-refractivity contribution in [1.82, 2.24) is 19.9 Å². The molecule has 0 N–H and O–H groups in total. The van der Waals surface area contributed by atoms with Crippen LogP contribution in [-0.2, 0) is 22.5 Å². The number of anilines is 2. The molecule has 0 radical (unpaired) electrons. The lowest BCUT2D eigenvalue weighted by molar-refractivity contribution is -0.131. The maximum atomic E-state index is 13.8. The Kier molecular flexibility index (Phi) is 8.13. The molecule has 4 heterocycles. The Morgan fingerprint density at radius 1 is 1.21 bits per heavy atom. The Morgan fingerprint density at radius 2 is 2.05 bits per heavy atom. The molecule has 2 fully saturated rings. The molecule has 1 saturated carbocycles. The highest BCUT2D eigenvalue weighted by Crippen LogP contribution is 2.35. The number of fused-ring (bicyclic) bond motifs is 2. The van der Waals surface area contributed by atoms with Gasteiger partial charge in [-0.25, -0.2) is 11.0 Å². The van der Waals surface area contributed by atoms with Crippen molar-refractivity contribution in [2.75, 3.05) is 49.1 Å². The molecule has 6 rings (SSSR count). The molecule has 224 valence electrons. The fourth-order valence-corrected chi connectivity index (χ4v) is 6.00. The molecule has 1 aromatic carbocycles. The topological polar surface area (TPSA) is 88.3 Å². The van der Waals surface area contributed by atoms with Crippen molar-refractivity contribution in [2.24, 2.45) is 0 Å². The van der Waals surface area contributed by atoms with E-state index < -0.39 is 17.8 Å². The van der Waals surface area contributed by atoms with Gasteiger partial charge in [0.2, 0.25) is 6.54 Å². The molecule has 2 aliphatic heterocycles. The zero-order valence-electron chi connectivity index (χ0n) is 24.6. The minimum absolute atomic E-state index is 0.0584. The molecule has 0 unspecified atom stereocenters. The number of piperazine rings is 1. The Hall–Kier alpha value is -4.30. The summed E-state index contributed by atoms with van der Waals surface area (Å²) in [5.41, 5.74) is 4.13. The van der Waals surface area contributed by atoms with E-state index in [9.17, 15) is 9.18 Å². The SMILES string of the molecule is [C-]#[N+]C[C@H]1CN(c2nc(O[C@@H](C)COC3CC3)nc3c2CCN(c2cncc4cccc(C)c24)C3)CCN1C(=O)C(=C)F. The molecule has 2 aromatic heterocycles. The summed E-state index contributed by atoms with van der Waals surface area (Å²) < 4.78 is 25.9. The van der Waals surface area contributed by atoms with E-state index in [-0.39, 0.29) is 25.2 Å². The third kappa shape index (κ3) is 6.11. The van der Waals surface area contributed by atoms with Gasteiger partial charge in [0.05, 0.1) is 36.8 Å². The van der Waals surface area contributed by atoms with Crippen molar-refractivity contribution in [3.63, 3.8) is 0 Å². The summed E-state index contributed by atoms with van der Waals surface area (Å²) in [6.07, 6.45) is 6.75. The number of aromatic nitrogens is 3. The highest BCUT2D eigenvalue weighted by molar-refractivity contribution is 5.96. The van der Waals surface area contributed by atoms with Gasteiger partial charge in [-0.15, -0.1) is 0 Å². The second-order valence-corrected chi connectivity index (χ2v) is 11.6. The van der Waals surface area contributed by atoms with Gasteiger partial charge in [-0.3, -0.25) is 9.78 Å². The van der Waals surface area contributed by atoms with Crippen LogP contribution in [-0.4, -0.2) is 83.3 Å². The lowest BCUT2D eigenvalue weighted by Crippen LogP contribution is -2.57. The number of hydrogen-bond acceptors (Lipinski definition) is 8. The summed E-state index contributed by atoms with van der Waals surface area (Å²) in [4.78, 5) is 36.1. The zero-order chi connectivity index (χ0) is 30.1. The summed E-state index contributed by atoms with van der Waals surface area (Å²) in [7, 11) is 0. The van der Waals surface area contributed by atoms with Gasteiger partial charge >= 0.3 is 6.01 Å². The fourth-order valence-electron chi connectivity index (χ4n) is 6.00. The summed E-state index contributed by atoms with van der Waals surface area (Å²) >= 11 is 0. The third-order valence-corrected chi connectivity index (χ3v) is 8.31. The first-order valence-electron chi connectivity index (χ1n) is 14.8. The van der Waals surface area contributed by atoms with E-state index in [0.717, 1.165) is 47.5 Å². The number of nitrogens with zero attached hydrogens (tertiary/aromatic N) is 7. The van der Waals surface area contributed by atoms with Crippen molar-refractivity contribution in [3.05, 3.63) is 71.2 Å². The predicted octanol–water partition coefficient (Wildman–Crippen LogP) is 4.26. The third-order valence-electron chi connectivity index (χ3n) is 8.31. The van der Waals surface area contributed by atoms with Crippen LogP contribution in [0.25, 0.3) is 15.6 Å². The van der Waals surface area contributed by atoms with Gasteiger partial charge in [-0.1, -0.05) is 24.8 Å². The first-order valence-corrected chi connectivity index (χ1v) is 14.8. The number of rotatable bonds is 9. The number of aryl methyl sites for hydroxylation is 1. The van der Waals surface area contributed by atoms with Crippen LogP contribution < -0.4 is 14.5 Å². The van der Waals surface area contributed by atoms with Crippen LogP contribution in [0.2, 0.25) is 0 Å². The number of halogens is 1. The first kappa shape index (κ1) is 28.8. The predicted molar refractivity (Wildman–Crippen MR) is 162 cm³/mol. The van der Waals surface area contributed by atoms with E-state index in [1.165, 1.54) is 15.8 Å². The number of pyridine rings is 1. The van der Waals surface area contributed by atoms with Crippen LogP contribution >= 0.6 is 0 Å². The van der Waals surface area contributed by atoms with Crippen LogP contribution in [0.15, 0.2) is 43.0 Å². The number of carbonyl (C=O) groups is 1. The van der Waals surface area contributed by atoms with Gasteiger partial charge in [0.1, 0.15) is 18.0 Å². The van der Waals surface area contributed by atoms with Gasteiger partial charge in [-0.05, 0) is 38.7 Å². The minimum Gasteiger partial charge on any atom is -0.458 e. The summed E-state index contributed by atoms with van der Waals surface area (Å²) in [5, 5.41) is 2.27. The van der Waals surface area contributed by atoms with Crippen LogP contribution in [0.3, 0.4) is 0 Å². The minimum atomic E-state index is -1.01. The average Bonchev–Trinajstić information content (AvgIpc) is 3.84. The summed E-state index contributed by atoms with van der Waals surface area (Å²) in [5.74, 6) is -1.04. The Balaban J connectivity index is 1.33. The Morgan fingerprint density at radius 3 is 2.81 bits per heavy atom. The monoisotopic (exact) mass is 585 g/mol. The van der Waals surface area contributed by atoms with Crippen LogP contribution in [0.1, 0.15) is 36.6 Å². The first-order chi connectivity index (χ1) is 20.8. The molecular formula is C32H36FN7O3. The molecule has 2 atom stereocenters. The molecule has 43 heavy (non-hydrogen) atoms. The van der Waals surface area contributed by atoms with E-state index in [0.29, 0.717) is 38.8 Å². The van der Waals surface area contributed by atoms with Gasteiger partial charge in [-0.2, -0.15) is 9.97 Å². The van der Waals surface area contributed by atoms with Gasteiger partial charge in [0.25, 0.3) is 5.91 Å². The maximum Gasteiger partial charge on any atom is 0.319 e. The van der Waals surface area contributed by atoms with Crippen molar-refractivity contribution >= 4 is 28.2 Å². The number of hydrogen-bond donors (Lipinski definition) is 0. The van der Waals surface area contributed by atoms with Gasteiger partial charge in [0, 0.05) is 48.7 Å². The van der Waals surface area contributed by atoms with E-state index in [4.69, 9.17) is 26.0 Å². The number of carbonyl (C=O) groups excluding carboxylic acids is 1. The van der Waals surface area contributed by atoms with E-state index in [2.05, 4.69) is 45.3 Å². The molecule has 1 aliphatic carbocycles. The van der Waals surface area contributed by atoms with Crippen molar-refractivity contribution in [2.45, 2.75) is 57.9 Å². The molecule has 10 nitrogen and oxygen atoms in total. The van der Waals surface area contributed by atoms with Crippen molar-refractivity contribution < 1.29 is 18.7 Å². The normalized spacial score (nSPS) is 19.1. The Labute approximate surface area is 250 Å². The summed E-state index contributed by atoms with van der Waals surface area (Å²) in [6.45, 7) is 17.5. The van der Waals surface area contributed by atoms with Crippen LogP contribution in [0, 0.1) is 13.5 Å². The second-order valence-electron chi connectivity index (χ2n) is 11.6. The molecule has 1 saturated heterocycles. The van der Waals surface area contributed by atoms with Crippen LogP contribution in [0.4, 0.5) is 15.9 Å². The molecule has 1 amide bonds. The standard InChI is InChI=1S/C32H36FN7O3/c1-20-6-5-7-23-14-35-16-28(29(20)23)38-11-10-26-27(18-38)36-32(43-21(2)19-42-25-8-9-25)37-30(26)39-12-13-40(31(41)22(3)33)24(17-39)15-34-4/h5-7,14,16,21,24-25H,3,8-13,15,17-19H2,1-2H3/t21-,24-/m0/s1. The van der Waals surface area contributed by atoms with E-state index in [1.807, 2.05) is 25.4 Å². The summed E-state index contributed by atoms with van der Waals surface area (Å²) in [6, 6.07) is 6.02. The Bertz CT molecular complexity index is 1580. The van der Waals surface area contributed by atoms with E-state index >= 15 is 0 Å². The maximum absolute atomic E-state index is 13.8. The lowest BCUT2D eigenvalue weighted by Gasteiger charge is -2.41.